The second kappa shape index (κ2) is 21.4. The van der Waals surface area contributed by atoms with Gasteiger partial charge in [0.15, 0.2) is 0 Å². The predicted molar refractivity (Wildman–Crippen MR) is 207 cm³/mol. The smallest absolute Gasteiger partial charge is 0.408 e. The molecule has 0 aromatic heterocycles. The average Bonchev–Trinajstić information content (AvgIpc) is 3.18. The summed E-state index contributed by atoms with van der Waals surface area (Å²) in [4.78, 5) is 53.1. The summed E-state index contributed by atoms with van der Waals surface area (Å²) in [7, 11) is 0. The van der Waals surface area contributed by atoms with Crippen LogP contribution < -0.4 is 21.5 Å². The van der Waals surface area contributed by atoms with Gasteiger partial charge in [-0.15, -0.1) is 0 Å². The van der Waals surface area contributed by atoms with E-state index in [2.05, 4.69) is 21.5 Å². The van der Waals surface area contributed by atoms with E-state index in [0.717, 1.165) is 22.3 Å². The fraction of sp³-hybridized carbons (Fsp3) is 0.349. The van der Waals surface area contributed by atoms with E-state index in [-0.39, 0.29) is 31.5 Å². The Morgan fingerprint density at radius 1 is 0.537 bits per heavy atom. The first-order valence-electron chi connectivity index (χ1n) is 18.3. The highest BCUT2D eigenvalue weighted by Gasteiger charge is 2.35. The molecule has 0 aliphatic carbocycles. The largest absolute Gasteiger partial charge is 0.455 e. The van der Waals surface area contributed by atoms with Crippen LogP contribution in [0.2, 0.25) is 0 Å². The summed E-state index contributed by atoms with van der Waals surface area (Å²) >= 11 is 0. The molecule has 5 N–H and O–H groups in total. The van der Waals surface area contributed by atoms with E-state index in [0.29, 0.717) is 6.42 Å². The number of hydrogen-bond acceptors (Lipinski definition) is 9. The van der Waals surface area contributed by atoms with Gasteiger partial charge >= 0.3 is 12.1 Å². The van der Waals surface area contributed by atoms with Crippen molar-refractivity contribution in [3.8, 4) is 0 Å². The first kappa shape index (κ1) is 41.4. The average molecular weight is 737 g/mol. The highest BCUT2D eigenvalue weighted by molar-refractivity contribution is 6.35. The van der Waals surface area contributed by atoms with Gasteiger partial charge in [0.05, 0.1) is 24.2 Å². The molecule has 5 atom stereocenters. The highest BCUT2D eigenvalue weighted by atomic mass is 16.5. The fourth-order valence-corrected chi connectivity index (χ4v) is 5.88. The van der Waals surface area contributed by atoms with Gasteiger partial charge in [0.25, 0.3) is 5.78 Å². The minimum Gasteiger partial charge on any atom is -0.455 e. The number of aliphatic hydroxyl groups excluding tert-OH is 1. The van der Waals surface area contributed by atoms with Crippen molar-refractivity contribution < 1.29 is 33.8 Å². The lowest BCUT2D eigenvalue weighted by Crippen LogP contribution is -2.62. The first-order chi connectivity index (χ1) is 26.0. The Labute approximate surface area is 317 Å². The molecule has 0 aliphatic heterocycles. The first-order valence-corrected chi connectivity index (χ1v) is 18.3. The predicted octanol–water partition coefficient (Wildman–Crippen LogP) is 5.07. The van der Waals surface area contributed by atoms with E-state index in [4.69, 9.17) is 9.47 Å². The van der Waals surface area contributed by atoms with Gasteiger partial charge in [-0.25, -0.2) is 15.0 Å². The third-order valence-corrected chi connectivity index (χ3v) is 8.97. The zero-order chi connectivity index (χ0) is 38.9. The lowest BCUT2D eigenvalue weighted by Gasteiger charge is -2.34. The molecular weight excluding hydrogens is 684 g/mol. The van der Waals surface area contributed by atoms with Crippen molar-refractivity contribution in [1.82, 2.24) is 21.5 Å². The Bertz CT molecular complexity index is 1740. The number of nitrogens with one attached hydrogen (secondary N) is 4. The molecule has 0 spiro atoms. The SMILES string of the molecule is CC(C)[C@H](NC(=O)OCc1ccccc1)C(=O)N[C@@H](Cc1ccccc1)C(O)[C@H](Cc1ccccc1)NN[C@H](C(=O)C(=O)OCc1ccccc1)C(C)C. The third kappa shape index (κ3) is 13.2. The van der Waals surface area contributed by atoms with Crippen molar-refractivity contribution in [3.63, 3.8) is 0 Å². The molecule has 0 fully saturated rings. The minimum atomic E-state index is -1.23. The molecule has 1 unspecified atom stereocenters. The molecule has 0 saturated carbocycles. The van der Waals surface area contributed by atoms with E-state index in [1.807, 2.05) is 123 Å². The number of amides is 2. The number of aliphatic hydroxyl groups is 1. The number of hydrogen-bond donors (Lipinski definition) is 5. The molecule has 2 amide bonds. The Morgan fingerprint density at radius 3 is 1.43 bits per heavy atom. The second-order valence-corrected chi connectivity index (χ2v) is 14.0. The Balaban J connectivity index is 1.53. The maximum absolute atomic E-state index is 13.9. The number of carbonyl (C=O) groups is 4. The molecule has 54 heavy (non-hydrogen) atoms. The molecular formula is C43H52N4O7. The zero-order valence-electron chi connectivity index (χ0n) is 31.3. The summed E-state index contributed by atoms with van der Waals surface area (Å²) in [6.07, 6.45) is -1.42. The summed E-state index contributed by atoms with van der Waals surface area (Å²) in [5, 5.41) is 17.9. The van der Waals surface area contributed by atoms with Gasteiger partial charge in [0.1, 0.15) is 19.3 Å². The van der Waals surface area contributed by atoms with Crippen LogP contribution in [0.25, 0.3) is 0 Å². The summed E-state index contributed by atoms with van der Waals surface area (Å²) < 4.78 is 10.7. The number of hydrazine groups is 1. The van der Waals surface area contributed by atoms with Crippen molar-refractivity contribution in [1.29, 1.82) is 0 Å². The van der Waals surface area contributed by atoms with Crippen molar-refractivity contribution >= 4 is 23.8 Å². The molecule has 0 heterocycles. The molecule has 4 aromatic carbocycles. The van der Waals surface area contributed by atoms with Crippen LogP contribution >= 0.6 is 0 Å². The number of carbonyl (C=O) groups excluding carboxylic acids is 4. The van der Waals surface area contributed by atoms with Gasteiger partial charge in [-0.3, -0.25) is 15.0 Å². The molecule has 11 nitrogen and oxygen atoms in total. The number of esters is 1. The molecule has 4 aromatic rings. The number of ether oxygens (including phenoxy) is 2. The summed E-state index contributed by atoms with van der Waals surface area (Å²) in [6, 6.07) is 33.6. The summed E-state index contributed by atoms with van der Waals surface area (Å²) in [5.41, 5.74) is 9.47. The molecule has 0 radical (unpaired) electrons. The van der Waals surface area contributed by atoms with Crippen molar-refractivity contribution in [3.05, 3.63) is 144 Å². The van der Waals surface area contributed by atoms with Crippen molar-refractivity contribution in [2.24, 2.45) is 11.8 Å². The number of Topliss-reactive ketones (excluding diaryl/α,β-unsaturated/α-hetero) is 1. The van der Waals surface area contributed by atoms with E-state index in [1.165, 1.54) is 0 Å². The highest BCUT2D eigenvalue weighted by Crippen LogP contribution is 2.16. The molecule has 0 bridgehead atoms. The zero-order valence-corrected chi connectivity index (χ0v) is 31.3. The van der Waals surface area contributed by atoms with Gasteiger partial charge in [-0.05, 0) is 46.9 Å². The van der Waals surface area contributed by atoms with Crippen LogP contribution in [0, 0.1) is 11.8 Å². The summed E-state index contributed by atoms with van der Waals surface area (Å²) in [5.74, 6) is -2.88. The normalized spacial score (nSPS) is 14.0. The third-order valence-electron chi connectivity index (χ3n) is 8.97. The van der Waals surface area contributed by atoms with E-state index < -0.39 is 54.0 Å². The molecule has 286 valence electrons. The van der Waals surface area contributed by atoms with Crippen molar-refractivity contribution in [2.45, 2.75) is 84.0 Å². The van der Waals surface area contributed by atoms with Crippen LogP contribution in [0.5, 0.6) is 0 Å². The number of ketones is 1. The topological polar surface area (TPSA) is 155 Å². The van der Waals surface area contributed by atoms with Gasteiger partial charge in [0.2, 0.25) is 5.91 Å². The van der Waals surface area contributed by atoms with E-state index >= 15 is 0 Å². The van der Waals surface area contributed by atoms with Gasteiger partial charge in [0, 0.05) is 0 Å². The molecule has 4 rings (SSSR count). The van der Waals surface area contributed by atoms with Crippen LogP contribution in [0.1, 0.15) is 49.9 Å². The van der Waals surface area contributed by atoms with Crippen LogP contribution in [0.15, 0.2) is 121 Å². The Kier molecular flexibility index (Phi) is 16.4. The monoisotopic (exact) mass is 736 g/mol. The standard InChI is InChI=1S/C43H52N4O7/c1-29(2)37(40(49)42(51)53-27-33-21-13-7-14-22-33)47-46-36(26-32-19-11-6-12-20-32)39(48)35(25-31-17-9-5-10-18-31)44-41(50)38(30(3)4)45-43(52)54-28-34-23-15-8-16-24-34/h5-24,29-30,35-39,46-48H,25-28H2,1-4H3,(H,44,50)(H,45,52)/t35-,36-,37-,38-,39?/m0/s1. The Morgan fingerprint density at radius 2 is 0.963 bits per heavy atom. The quantitative estimate of drug-likeness (QED) is 0.0476. The van der Waals surface area contributed by atoms with Crippen LogP contribution in [0.3, 0.4) is 0 Å². The van der Waals surface area contributed by atoms with Gasteiger partial charge in [-0.1, -0.05) is 149 Å². The van der Waals surface area contributed by atoms with Crippen molar-refractivity contribution in [2.75, 3.05) is 0 Å². The van der Waals surface area contributed by atoms with Crippen LogP contribution in [-0.2, 0) is 49.9 Å². The lowest BCUT2D eigenvalue weighted by molar-refractivity contribution is -0.156. The second-order valence-electron chi connectivity index (χ2n) is 14.0. The minimum absolute atomic E-state index is 0.0406. The Hall–Kier alpha value is -5.36. The van der Waals surface area contributed by atoms with E-state index in [9.17, 15) is 24.3 Å². The van der Waals surface area contributed by atoms with Gasteiger partial charge < -0.3 is 25.2 Å². The fourth-order valence-electron chi connectivity index (χ4n) is 5.88. The lowest BCUT2D eigenvalue weighted by atomic mass is 9.92. The number of benzene rings is 4. The number of alkyl carbamates (subject to hydrolysis) is 1. The number of rotatable bonds is 20. The van der Waals surface area contributed by atoms with E-state index in [1.54, 1.807) is 26.0 Å². The van der Waals surface area contributed by atoms with Crippen LogP contribution in [-0.4, -0.2) is 59.1 Å². The molecule has 0 saturated heterocycles. The summed E-state index contributed by atoms with van der Waals surface area (Å²) in [6.45, 7) is 7.21. The van der Waals surface area contributed by atoms with Gasteiger partial charge in [-0.2, -0.15) is 0 Å². The van der Waals surface area contributed by atoms with Crippen LogP contribution in [0.4, 0.5) is 4.79 Å². The molecule has 0 aliphatic rings. The molecule has 11 heteroatoms. The maximum atomic E-state index is 13.9. The maximum Gasteiger partial charge on any atom is 0.408 e.